The molecule has 1 aliphatic rings. The first-order chi connectivity index (χ1) is 7.72. The van der Waals surface area contributed by atoms with Crippen molar-refractivity contribution in [3.63, 3.8) is 0 Å². The number of nitrogens with two attached hydrogens (primary N) is 1. The summed E-state index contributed by atoms with van der Waals surface area (Å²) >= 11 is 5.76. The third-order valence-electron chi connectivity index (χ3n) is 3.15. The lowest BCUT2D eigenvalue weighted by Gasteiger charge is -2.25. The van der Waals surface area contributed by atoms with Crippen molar-refractivity contribution < 1.29 is 0 Å². The van der Waals surface area contributed by atoms with Gasteiger partial charge in [0.25, 0.3) is 0 Å². The number of halogens is 1. The molecule has 1 aromatic heterocycles. The van der Waals surface area contributed by atoms with E-state index < -0.39 is 0 Å². The summed E-state index contributed by atoms with van der Waals surface area (Å²) in [5.74, 6) is 0. The SMILES string of the molecule is NCc1cc(Cl)nc(=O)n1C1CCCCC1. The summed E-state index contributed by atoms with van der Waals surface area (Å²) in [6.07, 6.45) is 5.67. The highest BCUT2D eigenvalue weighted by Crippen LogP contribution is 2.28. The normalized spacial score (nSPS) is 17.6. The van der Waals surface area contributed by atoms with Gasteiger partial charge in [-0.3, -0.25) is 4.57 Å². The van der Waals surface area contributed by atoms with Crippen LogP contribution in [-0.2, 0) is 6.54 Å². The number of aromatic nitrogens is 2. The van der Waals surface area contributed by atoms with Crippen LogP contribution in [0.25, 0.3) is 0 Å². The first kappa shape index (κ1) is 11.6. The molecule has 5 heteroatoms. The van der Waals surface area contributed by atoms with Crippen LogP contribution < -0.4 is 11.4 Å². The van der Waals surface area contributed by atoms with Gasteiger partial charge in [-0.05, 0) is 18.9 Å². The van der Waals surface area contributed by atoms with Crippen molar-refractivity contribution in [2.75, 3.05) is 0 Å². The number of hydrogen-bond donors (Lipinski definition) is 1. The molecule has 16 heavy (non-hydrogen) atoms. The van der Waals surface area contributed by atoms with E-state index >= 15 is 0 Å². The van der Waals surface area contributed by atoms with E-state index in [-0.39, 0.29) is 16.9 Å². The van der Waals surface area contributed by atoms with Crippen molar-refractivity contribution in [3.8, 4) is 0 Å². The second-order valence-corrected chi connectivity index (χ2v) is 4.61. The lowest BCUT2D eigenvalue weighted by atomic mass is 9.95. The van der Waals surface area contributed by atoms with Crippen molar-refractivity contribution in [1.29, 1.82) is 0 Å². The van der Waals surface area contributed by atoms with E-state index in [9.17, 15) is 4.79 Å². The van der Waals surface area contributed by atoms with Crippen LogP contribution in [0.1, 0.15) is 43.8 Å². The summed E-state index contributed by atoms with van der Waals surface area (Å²) < 4.78 is 1.73. The Morgan fingerprint density at radius 1 is 1.44 bits per heavy atom. The van der Waals surface area contributed by atoms with E-state index in [0.717, 1.165) is 18.5 Å². The summed E-state index contributed by atoms with van der Waals surface area (Å²) in [5.41, 5.74) is 6.17. The zero-order valence-electron chi connectivity index (χ0n) is 9.16. The molecule has 1 heterocycles. The number of rotatable bonds is 2. The Hall–Kier alpha value is -0.870. The molecule has 0 aliphatic heterocycles. The maximum atomic E-state index is 11.8. The van der Waals surface area contributed by atoms with Crippen molar-refractivity contribution in [3.05, 3.63) is 27.4 Å². The molecular weight excluding hydrogens is 226 g/mol. The fraction of sp³-hybridized carbons (Fsp3) is 0.636. The maximum absolute atomic E-state index is 11.8. The van der Waals surface area contributed by atoms with Gasteiger partial charge in [0.05, 0.1) is 0 Å². The predicted octanol–water partition coefficient (Wildman–Crippen LogP) is 1.86. The molecule has 0 aromatic carbocycles. The Balaban J connectivity index is 2.41. The average Bonchev–Trinajstić information content (AvgIpc) is 2.29. The zero-order chi connectivity index (χ0) is 11.5. The second kappa shape index (κ2) is 4.97. The molecule has 1 aromatic rings. The van der Waals surface area contributed by atoms with Gasteiger partial charge in [-0.1, -0.05) is 30.9 Å². The molecule has 88 valence electrons. The summed E-state index contributed by atoms with van der Waals surface area (Å²) in [6, 6.07) is 1.95. The van der Waals surface area contributed by atoms with Crippen LogP contribution in [-0.4, -0.2) is 9.55 Å². The highest BCUT2D eigenvalue weighted by molar-refractivity contribution is 6.29. The minimum atomic E-state index is -0.264. The van der Waals surface area contributed by atoms with Crippen molar-refractivity contribution >= 4 is 11.6 Å². The molecule has 4 nitrogen and oxygen atoms in total. The van der Waals surface area contributed by atoms with Gasteiger partial charge >= 0.3 is 5.69 Å². The van der Waals surface area contributed by atoms with Crippen molar-refractivity contribution in [1.82, 2.24) is 9.55 Å². The van der Waals surface area contributed by atoms with E-state index in [1.165, 1.54) is 19.3 Å². The quantitative estimate of drug-likeness (QED) is 0.804. The predicted molar refractivity (Wildman–Crippen MR) is 63.5 cm³/mol. The van der Waals surface area contributed by atoms with Crippen LogP contribution in [0.3, 0.4) is 0 Å². The molecule has 0 atom stereocenters. The fourth-order valence-corrected chi connectivity index (χ4v) is 2.59. The van der Waals surface area contributed by atoms with Gasteiger partial charge in [-0.25, -0.2) is 4.79 Å². The molecule has 0 bridgehead atoms. The molecule has 0 unspecified atom stereocenters. The standard InChI is InChI=1S/C11H16ClN3O/c12-10-6-9(7-13)15(11(16)14-10)8-4-2-1-3-5-8/h6,8H,1-5,7,13H2. The van der Waals surface area contributed by atoms with Crippen LogP contribution >= 0.6 is 11.6 Å². The Morgan fingerprint density at radius 3 is 2.75 bits per heavy atom. The molecule has 1 saturated carbocycles. The Kier molecular flexibility index (Phi) is 3.61. The van der Waals surface area contributed by atoms with Gasteiger partial charge in [0.1, 0.15) is 5.15 Å². The smallest absolute Gasteiger partial charge is 0.325 e. The summed E-state index contributed by atoms with van der Waals surface area (Å²) in [5, 5.41) is 0.234. The monoisotopic (exact) mass is 241 g/mol. The van der Waals surface area contributed by atoms with Crippen molar-refractivity contribution in [2.24, 2.45) is 5.73 Å². The first-order valence-electron chi connectivity index (χ1n) is 5.70. The number of nitrogens with zero attached hydrogens (tertiary/aromatic N) is 2. The van der Waals surface area contributed by atoms with Crippen LogP contribution in [0.5, 0.6) is 0 Å². The largest absolute Gasteiger partial charge is 0.349 e. The Bertz CT molecular complexity index is 424. The maximum Gasteiger partial charge on any atom is 0.349 e. The van der Waals surface area contributed by atoms with Crippen LogP contribution in [0.4, 0.5) is 0 Å². The third kappa shape index (κ3) is 2.28. The topological polar surface area (TPSA) is 60.9 Å². The van der Waals surface area contributed by atoms with Crippen LogP contribution in [0, 0.1) is 0 Å². The minimum absolute atomic E-state index is 0.234. The average molecular weight is 242 g/mol. The van der Waals surface area contributed by atoms with E-state index in [4.69, 9.17) is 17.3 Å². The molecule has 2 rings (SSSR count). The van der Waals surface area contributed by atoms with Gasteiger partial charge < -0.3 is 5.73 Å². The first-order valence-corrected chi connectivity index (χ1v) is 6.08. The van der Waals surface area contributed by atoms with E-state index in [1.54, 1.807) is 10.6 Å². The molecule has 0 spiro atoms. The minimum Gasteiger partial charge on any atom is -0.325 e. The van der Waals surface area contributed by atoms with Gasteiger partial charge in [0, 0.05) is 18.3 Å². The lowest BCUT2D eigenvalue weighted by molar-refractivity contribution is 0.335. The molecule has 1 aliphatic carbocycles. The molecule has 0 saturated heterocycles. The highest BCUT2D eigenvalue weighted by Gasteiger charge is 2.19. The molecular formula is C11H16ClN3O. The second-order valence-electron chi connectivity index (χ2n) is 4.22. The van der Waals surface area contributed by atoms with Crippen LogP contribution in [0.2, 0.25) is 5.15 Å². The summed E-state index contributed by atoms with van der Waals surface area (Å²) in [4.78, 5) is 15.6. The molecule has 0 radical (unpaired) electrons. The van der Waals surface area contributed by atoms with Gasteiger partial charge in [0.2, 0.25) is 0 Å². The van der Waals surface area contributed by atoms with Gasteiger partial charge in [-0.2, -0.15) is 4.98 Å². The zero-order valence-corrected chi connectivity index (χ0v) is 9.91. The molecule has 2 N–H and O–H groups in total. The van der Waals surface area contributed by atoms with E-state index in [0.29, 0.717) is 6.54 Å². The lowest BCUT2D eigenvalue weighted by Crippen LogP contribution is -2.32. The molecule has 1 fully saturated rings. The summed E-state index contributed by atoms with van der Waals surface area (Å²) in [7, 11) is 0. The fourth-order valence-electron chi connectivity index (χ4n) is 2.39. The van der Waals surface area contributed by atoms with Gasteiger partial charge in [-0.15, -0.1) is 0 Å². The summed E-state index contributed by atoms with van der Waals surface area (Å²) in [6.45, 7) is 0.327. The Labute approximate surface area is 99.4 Å². The van der Waals surface area contributed by atoms with Crippen molar-refractivity contribution in [2.45, 2.75) is 44.7 Å². The number of hydrogen-bond acceptors (Lipinski definition) is 3. The highest BCUT2D eigenvalue weighted by atomic mass is 35.5. The van der Waals surface area contributed by atoms with Gasteiger partial charge in [0.15, 0.2) is 0 Å². The van der Waals surface area contributed by atoms with Crippen LogP contribution in [0.15, 0.2) is 10.9 Å². The third-order valence-corrected chi connectivity index (χ3v) is 3.35. The van der Waals surface area contributed by atoms with E-state index in [2.05, 4.69) is 4.98 Å². The van der Waals surface area contributed by atoms with E-state index in [1.807, 2.05) is 0 Å². The molecule has 0 amide bonds. The Morgan fingerprint density at radius 2 is 2.12 bits per heavy atom.